The number of hydrogen-bond acceptors (Lipinski definition) is 18. The van der Waals surface area contributed by atoms with Gasteiger partial charge in [-0.15, -0.1) is 13.2 Å². The molecule has 0 bridgehead atoms. The van der Waals surface area contributed by atoms with Crippen molar-refractivity contribution in [3.05, 3.63) is 108 Å². The number of benzene rings is 2. The summed E-state index contributed by atoms with van der Waals surface area (Å²) in [6, 6.07) is 10.0. The molecule has 26 heteroatoms. The van der Waals surface area contributed by atoms with Crippen LogP contribution in [-0.2, 0) is 76.3 Å². The lowest BCUT2D eigenvalue weighted by Gasteiger charge is -2.26. The normalized spacial score (nSPS) is 28.4. The molecule has 9 rings (SSSR count). The predicted octanol–water partition coefficient (Wildman–Crippen LogP) is 10.9. The van der Waals surface area contributed by atoms with Gasteiger partial charge in [0.15, 0.2) is 18.1 Å². The van der Waals surface area contributed by atoms with Gasteiger partial charge in [0.25, 0.3) is 20.2 Å². The largest absolute Gasteiger partial charge is 0.467 e. The molecule has 2 aromatic rings. The number of ether oxygens (including phenoxy) is 4. The summed E-state index contributed by atoms with van der Waals surface area (Å²) in [6.07, 6.45) is 17.8. The molecule has 514 valence electrons. The van der Waals surface area contributed by atoms with Crippen LogP contribution in [-0.4, -0.2) is 126 Å². The van der Waals surface area contributed by atoms with Gasteiger partial charge in [0.2, 0.25) is 11.8 Å². The van der Waals surface area contributed by atoms with Crippen molar-refractivity contribution in [3.63, 3.8) is 0 Å². The lowest BCUT2D eigenvalue weighted by Crippen LogP contribution is -2.51. The molecule has 12 atom stereocenters. The molecule has 2 aromatic carbocycles. The molecule has 0 aromatic heterocycles. The van der Waals surface area contributed by atoms with E-state index >= 15 is 0 Å². The van der Waals surface area contributed by atoms with Crippen molar-refractivity contribution >= 4 is 99.6 Å². The van der Waals surface area contributed by atoms with Gasteiger partial charge in [0.05, 0.1) is 60.1 Å². The van der Waals surface area contributed by atoms with Gasteiger partial charge < -0.3 is 40.2 Å². The highest BCUT2D eigenvalue weighted by molar-refractivity contribution is 9.10. The van der Waals surface area contributed by atoms with Crippen LogP contribution >= 0.6 is 31.9 Å². The number of carbonyl (C=O) groups is 8. The number of Topliss-reactive ketones (excluding diaryl/α,β-unsaturated/α-hetero) is 2. The maximum atomic E-state index is 14.3. The molecule has 4 amide bonds. The minimum Gasteiger partial charge on any atom is -0.467 e. The number of esters is 2. The molecule has 0 saturated heterocycles. The van der Waals surface area contributed by atoms with E-state index in [9.17, 15) is 55.2 Å². The molecule has 94 heavy (non-hydrogen) atoms. The van der Waals surface area contributed by atoms with Crippen molar-refractivity contribution in [2.24, 2.45) is 35.5 Å². The summed E-state index contributed by atoms with van der Waals surface area (Å²) in [7, 11) is -5.96. The fraction of sp³-hybridized carbons (Fsp3) is 0.588. The first-order valence-electron chi connectivity index (χ1n) is 32.5. The van der Waals surface area contributed by atoms with E-state index in [4.69, 9.17) is 27.3 Å². The first kappa shape index (κ1) is 75.2. The average Bonchev–Trinajstić information content (AvgIpc) is 1.59. The summed E-state index contributed by atoms with van der Waals surface area (Å²) < 4.78 is 86.5. The molecule has 1 heterocycles. The maximum Gasteiger partial charge on any atom is 0.407 e. The molecular formula is C68H89Br2N4O18S2+. The summed E-state index contributed by atoms with van der Waals surface area (Å²) in [6.45, 7) is 14.5. The zero-order valence-corrected chi connectivity index (χ0v) is 58.3. The predicted molar refractivity (Wildman–Crippen MR) is 354 cm³/mol. The van der Waals surface area contributed by atoms with Crippen molar-refractivity contribution in [1.29, 1.82) is 0 Å². The summed E-state index contributed by atoms with van der Waals surface area (Å²) in [5.74, 6) is -7.72. The zero-order chi connectivity index (χ0) is 68.4. The highest BCUT2D eigenvalue weighted by Gasteiger charge is 2.63. The van der Waals surface area contributed by atoms with Crippen LogP contribution in [0.3, 0.4) is 0 Å². The van der Waals surface area contributed by atoms with Gasteiger partial charge >= 0.3 is 24.1 Å². The maximum absolute atomic E-state index is 14.3. The minimum atomic E-state index is -4.24. The second kappa shape index (κ2) is 34.7. The Morgan fingerprint density at radius 1 is 0.670 bits per heavy atom. The third-order valence-corrected chi connectivity index (χ3v) is 22.6. The topological polar surface area (TPSA) is 308 Å². The lowest BCUT2D eigenvalue weighted by molar-refractivity contribution is -0.148. The first-order chi connectivity index (χ1) is 45.0. The van der Waals surface area contributed by atoms with Crippen molar-refractivity contribution < 1.29 is 82.5 Å². The monoisotopic (exact) mass is 1470 g/mol. The number of methoxy groups -OCH3 is 2. The summed E-state index contributed by atoms with van der Waals surface area (Å²) in [5, 5.41) is 11.2. The average molecular weight is 1470 g/mol. The van der Waals surface area contributed by atoms with Crippen molar-refractivity contribution in [2.75, 3.05) is 14.2 Å². The van der Waals surface area contributed by atoms with Crippen molar-refractivity contribution in [1.82, 2.24) is 21.3 Å². The number of halogens is 2. The molecule has 7 aliphatic rings. The highest BCUT2D eigenvalue weighted by Crippen LogP contribution is 2.49. The van der Waals surface area contributed by atoms with Gasteiger partial charge in [-0.2, -0.15) is 16.8 Å². The van der Waals surface area contributed by atoms with Crippen LogP contribution in [0.4, 0.5) is 9.59 Å². The Kier molecular flexibility index (Phi) is 27.8. The smallest absolute Gasteiger partial charge is 0.407 e. The van der Waals surface area contributed by atoms with Crippen LogP contribution in [0.15, 0.2) is 111 Å². The van der Waals surface area contributed by atoms with Gasteiger partial charge in [-0.25, -0.2) is 19.2 Å². The molecule has 6 aliphatic carbocycles. The molecule has 22 nitrogen and oxygen atoms in total. The van der Waals surface area contributed by atoms with E-state index in [1.54, 1.807) is 30.3 Å². The van der Waals surface area contributed by atoms with E-state index in [1.807, 2.05) is 18.2 Å². The Bertz CT molecular complexity index is 3290. The van der Waals surface area contributed by atoms with Crippen LogP contribution in [0.5, 0.6) is 0 Å². The molecule has 0 radical (unpaired) electrons. The van der Waals surface area contributed by atoms with Crippen molar-refractivity contribution in [2.45, 2.75) is 211 Å². The first-order valence-corrected chi connectivity index (χ1v) is 36.9. The molecule has 2 unspecified atom stereocenters. The van der Waals surface area contributed by atoms with Crippen LogP contribution in [0.25, 0.3) is 0 Å². The van der Waals surface area contributed by atoms with Gasteiger partial charge in [0, 0.05) is 32.6 Å². The standard InChI is InChI=1S/C34H45BrN2O9S.C32H41BrN2O9S.C2H3/c1-4-6-7-8-9-14-29(36-33(41)45-24-12-10-11-13-24)30(38)27-19-25(46-47(42,43)26-17-15-23(35)16-18-26)20-28(27)31(39)37-34(32(40)44-3)21-22(34)5-2;1-42-30(38)32-19-20(32)9-5-3-2-4-6-12-27(34-31(39)43-22-10-7-8-11-22)28(36)25-17-23(18-26(25)29(37)35-32)44-45(40,41)24-15-13-21(33)14-16-24;1-2/h4-5,15-18,22,24-25,27-29H,1-2,6-14,19-21H2,3H3,(H,36,41)(H,37,39);5,9,13-16,20,22-23,25-27H,2-4,6-8,10-12,17-19H2,1H3,(H,34,39)(H,35,37);1H,2H2/q;;+1/b;9-5-;/t22-,25-,27?,28-,29+,34-;20-,23-,25?,26-,27+,32-;/m11./s1. The van der Waals surface area contributed by atoms with E-state index in [-0.39, 0.29) is 65.3 Å². The number of amides is 4. The molecular weight excluding hydrogens is 1380 g/mol. The van der Waals surface area contributed by atoms with E-state index in [2.05, 4.69) is 79.4 Å². The Morgan fingerprint density at radius 3 is 1.77 bits per heavy atom. The second-order valence-corrected chi connectivity index (χ2v) is 30.2. The third-order valence-electron chi connectivity index (χ3n) is 18.8. The Balaban J connectivity index is 0.000000259. The van der Waals surface area contributed by atoms with Crippen molar-refractivity contribution in [3.8, 4) is 0 Å². The molecule has 0 spiro atoms. The number of hydrogen-bond donors (Lipinski definition) is 4. The van der Waals surface area contributed by atoms with E-state index in [0.29, 0.717) is 47.5 Å². The number of rotatable bonds is 23. The minimum absolute atomic E-state index is 0.0446. The SMILES string of the molecule is C=CCCCCC[C@H](NC(=O)OC1CCCC1)C(=O)C1C[C@@H](OS(=O)(=O)c2ccc(Br)cc2)C[C@H]1C(=O)N[C@]1(C(=O)OC)C[C@H]1C=C.COC(=O)[C@@]12C[C@H]1/C=C\CCCCC[C@H](NC(=O)OC1CCCC1)C(=O)C1C[C@@H](OS(=O)(=O)c3ccc(Br)cc3)C[C@H]1C(=O)N2.[CH+]=C. The van der Waals surface area contributed by atoms with E-state index < -0.39 is 121 Å². The van der Waals surface area contributed by atoms with Crippen LogP contribution in [0.2, 0.25) is 0 Å². The number of fused-ring (bicyclic) bond motifs is 2. The van der Waals surface area contributed by atoms with Crippen LogP contribution in [0.1, 0.15) is 154 Å². The fourth-order valence-electron chi connectivity index (χ4n) is 13.6. The van der Waals surface area contributed by atoms with E-state index in [0.717, 1.165) is 89.9 Å². The molecule has 1 aliphatic heterocycles. The van der Waals surface area contributed by atoms with Gasteiger partial charge in [0.1, 0.15) is 29.9 Å². The lowest BCUT2D eigenvalue weighted by atomic mass is 9.85. The van der Waals surface area contributed by atoms with Crippen LogP contribution < -0.4 is 21.3 Å². The Labute approximate surface area is 569 Å². The summed E-state index contributed by atoms with van der Waals surface area (Å²) in [4.78, 5) is 108. The molecule has 6 fully saturated rings. The van der Waals surface area contributed by atoms with Gasteiger partial charge in [-0.3, -0.25) is 27.5 Å². The summed E-state index contributed by atoms with van der Waals surface area (Å²) in [5.41, 5.74) is -2.56. The third kappa shape index (κ3) is 19.8. The molecule has 4 N–H and O–H groups in total. The fourth-order valence-corrected chi connectivity index (χ4v) is 16.3. The number of alkyl carbamates (subject to hydrolysis) is 2. The highest BCUT2D eigenvalue weighted by atomic mass is 79.9. The van der Waals surface area contributed by atoms with E-state index in [1.165, 1.54) is 38.5 Å². The number of ketones is 2. The number of nitrogens with one attached hydrogen (secondary N) is 4. The number of unbranched alkanes of at least 4 members (excludes halogenated alkanes) is 3. The number of carbonyl (C=O) groups excluding carboxylic acids is 8. The van der Waals surface area contributed by atoms with Gasteiger partial charge in [-0.1, -0.05) is 81.8 Å². The quantitative estimate of drug-likeness (QED) is 0.0201. The zero-order valence-electron chi connectivity index (χ0n) is 53.4. The molecule has 6 saturated carbocycles. The Morgan fingerprint density at radius 2 is 1.21 bits per heavy atom. The van der Waals surface area contributed by atoms with Gasteiger partial charge in [-0.05, 0) is 177 Å². The number of allylic oxidation sites excluding steroid dienone is 2. The van der Waals surface area contributed by atoms with Crippen LogP contribution in [0, 0.1) is 42.1 Å². The Hall–Kier alpha value is -6.15. The summed E-state index contributed by atoms with van der Waals surface area (Å²) >= 11 is 6.58. The second-order valence-electron chi connectivity index (χ2n) is 25.2.